The number of hydrogen-bond donors (Lipinski definition) is 0. The van der Waals surface area contributed by atoms with E-state index in [2.05, 4.69) is 92.7 Å². The van der Waals surface area contributed by atoms with Crippen LogP contribution in [0.2, 0.25) is 0 Å². The Morgan fingerprint density at radius 3 is 2.14 bits per heavy atom. The summed E-state index contributed by atoms with van der Waals surface area (Å²) < 4.78 is 6.33. The number of rotatable bonds is 3. The zero-order valence-corrected chi connectivity index (χ0v) is 17.8. The summed E-state index contributed by atoms with van der Waals surface area (Å²) in [6.07, 6.45) is 10.2. The van der Waals surface area contributed by atoms with Gasteiger partial charge in [-0.15, -0.1) is 0 Å². The first-order chi connectivity index (χ1) is 13.6. The second-order valence-electron chi connectivity index (χ2n) is 8.47. The van der Waals surface area contributed by atoms with Crippen LogP contribution in [0, 0.1) is 5.41 Å². The Balaban J connectivity index is 1.58. The van der Waals surface area contributed by atoms with Gasteiger partial charge in [0.05, 0.1) is 5.41 Å². The number of hydrogen-bond acceptors (Lipinski definition) is 1. The van der Waals surface area contributed by atoms with Crippen LogP contribution in [0.25, 0.3) is 0 Å². The lowest BCUT2D eigenvalue weighted by Crippen LogP contribution is -2.46. The maximum atomic E-state index is 6.33. The summed E-state index contributed by atoms with van der Waals surface area (Å²) in [6, 6.07) is 22.2. The fourth-order valence-electron chi connectivity index (χ4n) is 4.96. The Bertz CT molecular complexity index is 987. The van der Waals surface area contributed by atoms with Crippen LogP contribution in [0.5, 0.6) is 0 Å². The van der Waals surface area contributed by atoms with Gasteiger partial charge in [-0.3, -0.25) is 0 Å². The topological polar surface area (TPSA) is 9.23 Å². The normalized spacial score (nSPS) is 23.5. The van der Waals surface area contributed by atoms with E-state index in [0.717, 1.165) is 25.0 Å². The SMILES string of the molecule is CC1=CC2=C(CC1)OC1=CC=C([SiH](c3ccccc3)c3ccccc3)CC12C. The molecule has 0 N–H and O–H groups in total. The summed E-state index contributed by atoms with van der Waals surface area (Å²) in [7, 11) is -1.47. The molecule has 1 nitrogen and oxygen atoms in total. The standard InChI is InChI=1S/C26H26OSi/c1-19-13-15-24-23(17-19)26(2)18-22(14-16-25(26)27-24)28(20-9-5-3-6-10-20)21-11-7-4-8-12-21/h3-12,14,16-17,28H,13,15,18H2,1-2H3. The van der Waals surface area contributed by atoms with Gasteiger partial charge in [0.25, 0.3) is 0 Å². The van der Waals surface area contributed by atoms with Crippen LogP contribution < -0.4 is 10.4 Å². The van der Waals surface area contributed by atoms with Gasteiger partial charge < -0.3 is 4.74 Å². The monoisotopic (exact) mass is 382 g/mol. The van der Waals surface area contributed by atoms with Gasteiger partial charge in [-0.25, -0.2) is 0 Å². The highest BCUT2D eigenvalue weighted by Gasteiger charge is 2.46. The third-order valence-electron chi connectivity index (χ3n) is 6.45. The van der Waals surface area contributed by atoms with E-state index in [9.17, 15) is 0 Å². The van der Waals surface area contributed by atoms with E-state index >= 15 is 0 Å². The van der Waals surface area contributed by atoms with Crippen LogP contribution >= 0.6 is 0 Å². The average molecular weight is 383 g/mol. The van der Waals surface area contributed by atoms with Crippen molar-refractivity contribution in [2.75, 3.05) is 0 Å². The van der Waals surface area contributed by atoms with E-state index in [1.807, 2.05) is 0 Å². The van der Waals surface area contributed by atoms with Crippen molar-refractivity contribution >= 4 is 19.2 Å². The summed E-state index contributed by atoms with van der Waals surface area (Å²) in [5.74, 6) is 2.34. The van der Waals surface area contributed by atoms with E-state index < -0.39 is 8.80 Å². The fourth-order valence-corrected chi connectivity index (χ4v) is 8.31. The van der Waals surface area contributed by atoms with Crippen LogP contribution in [0.1, 0.15) is 33.1 Å². The summed E-state index contributed by atoms with van der Waals surface area (Å²) in [4.78, 5) is 0. The smallest absolute Gasteiger partial charge is 0.128 e. The number of allylic oxidation sites excluding steroid dienone is 7. The van der Waals surface area contributed by atoms with Crippen LogP contribution in [-0.2, 0) is 4.74 Å². The minimum absolute atomic E-state index is 0.0179. The van der Waals surface area contributed by atoms with Crippen molar-refractivity contribution < 1.29 is 4.74 Å². The summed E-state index contributed by atoms with van der Waals surface area (Å²) in [6.45, 7) is 4.63. The maximum absolute atomic E-state index is 6.33. The number of fused-ring (bicyclic) bond motifs is 2. The van der Waals surface area contributed by atoms with Gasteiger partial charge in [-0.2, -0.15) is 0 Å². The minimum Gasteiger partial charge on any atom is -0.465 e. The zero-order chi connectivity index (χ0) is 19.1. The molecular weight excluding hydrogens is 356 g/mol. The quantitative estimate of drug-likeness (QED) is 0.692. The molecule has 1 atom stereocenters. The van der Waals surface area contributed by atoms with Crippen LogP contribution in [0.15, 0.2) is 107 Å². The Kier molecular flexibility index (Phi) is 4.24. The molecule has 0 amide bonds. The molecule has 28 heavy (non-hydrogen) atoms. The molecule has 2 heteroatoms. The molecule has 5 rings (SSSR count). The molecule has 0 radical (unpaired) electrons. The molecule has 0 spiro atoms. The third kappa shape index (κ3) is 2.84. The van der Waals surface area contributed by atoms with Gasteiger partial charge >= 0.3 is 0 Å². The molecule has 2 aromatic carbocycles. The number of ether oxygens (including phenoxy) is 1. The minimum atomic E-state index is -1.47. The Morgan fingerprint density at radius 1 is 0.857 bits per heavy atom. The predicted molar refractivity (Wildman–Crippen MR) is 119 cm³/mol. The van der Waals surface area contributed by atoms with Crippen molar-refractivity contribution in [3.63, 3.8) is 0 Å². The molecule has 0 aromatic heterocycles. The van der Waals surface area contributed by atoms with Crippen molar-refractivity contribution in [3.8, 4) is 0 Å². The fraction of sp³-hybridized carbons (Fsp3) is 0.231. The Hall–Kier alpha value is -2.58. The van der Waals surface area contributed by atoms with Crippen molar-refractivity contribution in [1.82, 2.24) is 0 Å². The van der Waals surface area contributed by atoms with Gasteiger partial charge in [-0.1, -0.05) is 94.0 Å². The molecule has 0 bridgehead atoms. The molecule has 1 aliphatic heterocycles. The Labute approximate surface area is 169 Å². The van der Waals surface area contributed by atoms with Crippen molar-refractivity contribution in [2.45, 2.75) is 33.1 Å². The van der Waals surface area contributed by atoms with Crippen LogP contribution in [0.4, 0.5) is 0 Å². The lowest BCUT2D eigenvalue weighted by Gasteiger charge is -2.33. The lowest BCUT2D eigenvalue weighted by molar-refractivity contribution is 0.258. The molecular formula is C26H26OSi. The molecule has 2 aliphatic carbocycles. The first-order valence-corrected chi connectivity index (χ1v) is 12.0. The highest BCUT2D eigenvalue weighted by atomic mass is 28.3. The Morgan fingerprint density at radius 2 is 1.50 bits per heavy atom. The maximum Gasteiger partial charge on any atom is 0.128 e. The highest BCUT2D eigenvalue weighted by Crippen LogP contribution is 2.54. The molecule has 2 aromatic rings. The molecule has 1 unspecified atom stereocenters. The summed E-state index contributed by atoms with van der Waals surface area (Å²) in [5, 5.41) is 4.57. The van der Waals surface area contributed by atoms with Gasteiger partial charge in [-0.05, 0) is 32.8 Å². The van der Waals surface area contributed by atoms with Crippen molar-refractivity contribution in [1.29, 1.82) is 0 Å². The van der Waals surface area contributed by atoms with E-state index in [1.165, 1.54) is 27.3 Å². The zero-order valence-electron chi connectivity index (χ0n) is 16.6. The lowest BCUT2D eigenvalue weighted by atomic mass is 9.74. The average Bonchev–Trinajstić information content (AvgIpc) is 3.01. The number of benzene rings is 2. The summed E-state index contributed by atoms with van der Waals surface area (Å²) >= 11 is 0. The van der Waals surface area contributed by atoms with Crippen LogP contribution in [-0.4, -0.2) is 8.80 Å². The molecule has 3 aliphatic rings. The molecule has 0 saturated heterocycles. The predicted octanol–water partition coefficient (Wildman–Crippen LogP) is 4.81. The van der Waals surface area contributed by atoms with Crippen molar-refractivity contribution in [3.05, 3.63) is 107 Å². The van der Waals surface area contributed by atoms with Gasteiger partial charge in [0.2, 0.25) is 0 Å². The second-order valence-corrected chi connectivity index (χ2v) is 11.4. The molecule has 0 saturated carbocycles. The largest absolute Gasteiger partial charge is 0.465 e. The first kappa shape index (κ1) is 17.5. The van der Waals surface area contributed by atoms with Gasteiger partial charge in [0.1, 0.15) is 20.3 Å². The van der Waals surface area contributed by atoms with E-state index in [0.29, 0.717) is 0 Å². The molecule has 1 heterocycles. The van der Waals surface area contributed by atoms with Gasteiger partial charge in [0.15, 0.2) is 0 Å². The highest BCUT2D eigenvalue weighted by molar-refractivity contribution is 6.90. The molecule has 0 fully saturated rings. The van der Waals surface area contributed by atoms with Gasteiger partial charge in [0, 0.05) is 12.0 Å². The third-order valence-corrected chi connectivity index (χ3v) is 9.69. The van der Waals surface area contributed by atoms with Crippen LogP contribution in [0.3, 0.4) is 0 Å². The molecule has 140 valence electrons. The van der Waals surface area contributed by atoms with E-state index in [1.54, 1.807) is 5.20 Å². The second kappa shape index (κ2) is 6.79. The summed E-state index contributed by atoms with van der Waals surface area (Å²) in [5.41, 5.74) is 2.87. The first-order valence-electron chi connectivity index (χ1n) is 10.2. The van der Waals surface area contributed by atoms with Crippen molar-refractivity contribution in [2.24, 2.45) is 5.41 Å². The van der Waals surface area contributed by atoms with E-state index in [-0.39, 0.29) is 5.41 Å². The van der Waals surface area contributed by atoms with E-state index in [4.69, 9.17) is 4.74 Å².